The molecule has 4 rings (SSSR count). The number of hydrogen-bond donors (Lipinski definition) is 2. The lowest BCUT2D eigenvalue weighted by atomic mass is 10.0. The summed E-state index contributed by atoms with van der Waals surface area (Å²) in [7, 11) is 0. The van der Waals surface area contributed by atoms with Crippen molar-refractivity contribution in [2.75, 3.05) is 30.3 Å². The Bertz CT molecular complexity index is 1140. The first-order valence-electron chi connectivity index (χ1n) is 12.8. The van der Waals surface area contributed by atoms with Gasteiger partial charge < -0.3 is 15.0 Å². The number of anilines is 2. The minimum absolute atomic E-state index is 0.0264. The fraction of sp³-hybridized carbons (Fsp3) is 0.333. The molecule has 0 aliphatic carbocycles. The van der Waals surface area contributed by atoms with Gasteiger partial charge >= 0.3 is 6.09 Å². The lowest BCUT2D eigenvalue weighted by molar-refractivity contribution is -0.116. The molecule has 3 aromatic rings. The number of nitrogens with one attached hydrogen (secondary N) is 2. The molecule has 0 bridgehead atoms. The maximum absolute atomic E-state index is 12.6. The van der Waals surface area contributed by atoms with Crippen LogP contribution in [0.4, 0.5) is 16.2 Å². The summed E-state index contributed by atoms with van der Waals surface area (Å²) in [4.78, 5) is 27.3. The monoisotopic (exact) mass is 485 g/mol. The molecule has 0 radical (unpaired) electrons. The van der Waals surface area contributed by atoms with E-state index in [1.807, 2.05) is 72.8 Å². The Labute approximate surface area is 213 Å². The number of hydrogen-bond acceptors (Lipinski definition) is 4. The summed E-state index contributed by atoms with van der Waals surface area (Å²) in [5, 5.41) is 5.93. The van der Waals surface area contributed by atoms with Crippen LogP contribution in [0.2, 0.25) is 0 Å². The second-order valence-corrected chi connectivity index (χ2v) is 9.23. The Morgan fingerprint density at radius 2 is 1.67 bits per heavy atom. The number of rotatable bonds is 9. The minimum Gasteiger partial charge on any atom is -0.446 e. The average molecular weight is 486 g/mol. The van der Waals surface area contributed by atoms with E-state index in [0.29, 0.717) is 13.0 Å². The van der Waals surface area contributed by atoms with Gasteiger partial charge in [0.2, 0.25) is 5.91 Å². The lowest BCUT2D eigenvalue weighted by Gasteiger charge is -2.31. The van der Waals surface area contributed by atoms with Crippen LogP contribution in [0.3, 0.4) is 0 Å². The van der Waals surface area contributed by atoms with Crippen LogP contribution in [0.15, 0.2) is 78.9 Å². The molecular formula is C30H35N3O3. The van der Waals surface area contributed by atoms with E-state index in [1.54, 1.807) is 0 Å². The molecule has 1 aliphatic heterocycles. The Kier molecular flexibility index (Phi) is 9.11. The van der Waals surface area contributed by atoms with Gasteiger partial charge in [0.15, 0.2) is 0 Å². The number of amides is 2. The first-order chi connectivity index (χ1) is 17.6. The number of ether oxygens (including phenoxy) is 1. The largest absolute Gasteiger partial charge is 0.446 e. The van der Waals surface area contributed by atoms with Crippen molar-refractivity contribution >= 4 is 23.4 Å². The van der Waals surface area contributed by atoms with Crippen molar-refractivity contribution in [2.24, 2.45) is 0 Å². The number of piperidine rings is 1. The van der Waals surface area contributed by atoms with Gasteiger partial charge in [-0.2, -0.15) is 0 Å². The summed E-state index contributed by atoms with van der Waals surface area (Å²) >= 11 is 0. The Balaban J connectivity index is 1.19. The van der Waals surface area contributed by atoms with Crippen molar-refractivity contribution in [2.45, 2.75) is 45.1 Å². The van der Waals surface area contributed by atoms with Crippen LogP contribution in [0.5, 0.6) is 0 Å². The highest BCUT2D eigenvalue weighted by Crippen LogP contribution is 2.28. The van der Waals surface area contributed by atoms with Crippen LogP contribution in [0.25, 0.3) is 11.1 Å². The Morgan fingerprint density at radius 3 is 2.44 bits per heavy atom. The van der Waals surface area contributed by atoms with Gasteiger partial charge in [0.05, 0.1) is 5.69 Å². The predicted octanol–water partition coefficient (Wildman–Crippen LogP) is 6.35. The molecule has 2 amide bonds. The molecule has 6 heteroatoms. The Morgan fingerprint density at radius 1 is 0.917 bits per heavy atom. The molecule has 0 aromatic heterocycles. The number of likely N-dealkylation sites (tertiary alicyclic amines) is 1. The molecule has 36 heavy (non-hydrogen) atoms. The van der Waals surface area contributed by atoms with E-state index < -0.39 is 6.09 Å². The molecule has 3 aromatic carbocycles. The zero-order valence-electron chi connectivity index (χ0n) is 20.9. The van der Waals surface area contributed by atoms with Crippen molar-refractivity contribution in [1.82, 2.24) is 4.90 Å². The predicted molar refractivity (Wildman–Crippen MR) is 145 cm³/mol. The first kappa shape index (κ1) is 25.5. The highest BCUT2D eigenvalue weighted by Gasteiger charge is 2.23. The maximum Gasteiger partial charge on any atom is 0.411 e. The van der Waals surface area contributed by atoms with Crippen molar-refractivity contribution < 1.29 is 14.3 Å². The number of carbonyl (C=O) groups excluding carboxylic acids is 2. The quantitative estimate of drug-likeness (QED) is 0.371. The fourth-order valence-corrected chi connectivity index (χ4v) is 4.58. The van der Waals surface area contributed by atoms with Crippen LogP contribution >= 0.6 is 0 Å². The van der Waals surface area contributed by atoms with E-state index in [4.69, 9.17) is 4.74 Å². The molecular weight excluding hydrogens is 450 g/mol. The van der Waals surface area contributed by atoms with Crippen LogP contribution in [-0.4, -0.2) is 42.6 Å². The third-order valence-corrected chi connectivity index (χ3v) is 6.46. The molecule has 1 fully saturated rings. The van der Waals surface area contributed by atoms with Gasteiger partial charge in [-0.15, -0.1) is 0 Å². The summed E-state index contributed by atoms with van der Waals surface area (Å²) in [5.74, 6) is 0.0264. The molecule has 0 spiro atoms. The second-order valence-electron chi connectivity index (χ2n) is 9.23. The second kappa shape index (κ2) is 12.9. The lowest BCUT2D eigenvalue weighted by Crippen LogP contribution is -2.39. The van der Waals surface area contributed by atoms with Gasteiger partial charge in [-0.25, -0.2) is 4.79 Å². The minimum atomic E-state index is -0.429. The van der Waals surface area contributed by atoms with Gasteiger partial charge in [0, 0.05) is 37.3 Å². The van der Waals surface area contributed by atoms with E-state index in [2.05, 4.69) is 28.5 Å². The van der Waals surface area contributed by atoms with Gasteiger partial charge in [-0.1, -0.05) is 74.0 Å². The molecule has 0 unspecified atom stereocenters. The molecule has 188 valence electrons. The number of benzene rings is 3. The first-order valence-corrected chi connectivity index (χ1v) is 12.8. The third-order valence-electron chi connectivity index (χ3n) is 6.46. The smallest absolute Gasteiger partial charge is 0.411 e. The normalized spacial score (nSPS) is 14.2. The summed E-state index contributed by atoms with van der Waals surface area (Å²) < 4.78 is 5.71. The van der Waals surface area contributed by atoms with E-state index in [1.165, 1.54) is 5.56 Å². The number of para-hydroxylation sites is 1. The van der Waals surface area contributed by atoms with Crippen LogP contribution in [-0.2, 0) is 16.0 Å². The molecule has 1 aliphatic rings. The highest BCUT2D eigenvalue weighted by atomic mass is 16.6. The average Bonchev–Trinajstić information content (AvgIpc) is 2.89. The SMILES string of the molecule is CCCc1cccc(NC(=O)CCN2CCC(OC(=O)Nc3ccccc3-c3ccccc3)CC2)c1. The molecule has 2 N–H and O–H groups in total. The van der Waals surface area contributed by atoms with Crippen molar-refractivity contribution in [1.29, 1.82) is 0 Å². The zero-order valence-corrected chi connectivity index (χ0v) is 20.9. The molecule has 1 heterocycles. The topological polar surface area (TPSA) is 70.7 Å². The molecule has 6 nitrogen and oxygen atoms in total. The summed E-state index contributed by atoms with van der Waals surface area (Å²) in [6, 6.07) is 25.8. The zero-order chi connectivity index (χ0) is 25.2. The summed E-state index contributed by atoms with van der Waals surface area (Å²) in [6.07, 6.45) is 3.50. The fourth-order valence-electron chi connectivity index (χ4n) is 4.58. The van der Waals surface area contributed by atoms with Crippen molar-refractivity contribution in [3.8, 4) is 11.1 Å². The van der Waals surface area contributed by atoms with E-state index in [0.717, 1.165) is 61.3 Å². The van der Waals surface area contributed by atoms with Crippen molar-refractivity contribution in [3.63, 3.8) is 0 Å². The highest BCUT2D eigenvalue weighted by molar-refractivity contribution is 5.92. The van der Waals surface area contributed by atoms with E-state index >= 15 is 0 Å². The Hall–Kier alpha value is -3.64. The maximum atomic E-state index is 12.6. The third kappa shape index (κ3) is 7.43. The number of nitrogens with zero attached hydrogens (tertiary/aromatic N) is 1. The molecule has 1 saturated heterocycles. The standard InChI is InChI=1S/C30H35N3O3/c1-2-9-23-10-8-13-25(22-23)31-29(34)18-21-33-19-16-26(17-20-33)36-30(35)32-28-15-7-6-14-27(28)24-11-4-3-5-12-24/h3-8,10-15,22,26H,2,9,16-21H2,1H3,(H,31,34)(H,32,35). The van der Waals surface area contributed by atoms with E-state index in [-0.39, 0.29) is 12.0 Å². The summed E-state index contributed by atoms with van der Waals surface area (Å²) in [5.41, 5.74) is 4.83. The van der Waals surface area contributed by atoms with Gasteiger partial charge in [-0.3, -0.25) is 10.1 Å². The number of aryl methyl sites for hydroxylation is 1. The van der Waals surface area contributed by atoms with Gasteiger partial charge in [-0.05, 0) is 48.6 Å². The van der Waals surface area contributed by atoms with Crippen molar-refractivity contribution in [3.05, 3.63) is 84.4 Å². The number of carbonyl (C=O) groups is 2. The van der Waals surface area contributed by atoms with Crippen LogP contribution in [0, 0.1) is 0 Å². The molecule has 0 atom stereocenters. The van der Waals surface area contributed by atoms with Crippen LogP contribution < -0.4 is 10.6 Å². The summed E-state index contributed by atoms with van der Waals surface area (Å²) in [6.45, 7) is 4.45. The van der Waals surface area contributed by atoms with E-state index in [9.17, 15) is 9.59 Å². The van der Waals surface area contributed by atoms with Gasteiger partial charge in [0.1, 0.15) is 6.10 Å². The van der Waals surface area contributed by atoms with Gasteiger partial charge in [0.25, 0.3) is 0 Å². The molecule has 0 saturated carbocycles. The van der Waals surface area contributed by atoms with Crippen LogP contribution in [0.1, 0.15) is 38.2 Å².